The number of hydrogen-bond acceptors (Lipinski definition) is 6. The fourth-order valence-corrected chi connectivity index (χ4v) is 5.74. The van der Waals surface area contributed by atoms with E-state index in [-0.39, 0.29) is 11.8 Å². The number of aromatic nitrogens is 1. The van der Waals surface area contributed by atoms with Crippen LogP contribution in [0.3, 0.4) is 0 Å². The van der Waals surface area contributed by atoms with E-state index in [9.17, 15) is 4.79 Å². The van der Waals surface area contributed by atoms with Gasteiger partial charge in [-0.3, -0.25) is 14.7 Å². The smallest absolute Gasteiger partial charge is 0.227 e. The highest BCUT2D eigenvalue weighted by Crippen LogP contribution is 2.27. The summed E-state index contributed by atoms with van der Waals surface area (Å²) in [5, 5.41) is 6.98. The number of pyridine rings is 1. The summed E-state index contributed by atoms with van der Waals surface area (Å²) in [5.41, 5.74) is 3.48. The molecule has 188 valence electrons. The van der Waals surface area contributed by atoms with Gasteiger partial charge in [0.15, 0.2) is 0 Å². The van der Waals surface area contributed by atoms with E-state index in [1.54, 1.807) is 0 Å². The first kappa shape index (κ1) is 24.2. The Morgan fingerprint density at radius 2 is 1.63 bits per heavy atom. The maximum atomic E-state index is 12.4. The molecule has 3 fully saturated rings. The van der Waals surface area contributed by atoms with Gasteiger partial charge in [0.2, 0.25) is 5.91 Å². The van der Waals surface area contributed by atoms with E-state index in [1.807, 2.05) is 24.5 Å². The van der Waals surface area contributed by atoms with Gasteiger partial charge < -0.3 is 20.3 Å². The average molecular weight is 478 g/mol. The molecule has 2 aliphatic heterocycles. The molecular weight excluding hydrogens is 438 g/mol. The van der Waals surface area contributed by atoms with E-state index in [0.29, 0.717) is 12.1 Å². The van der Waals surface area contributed by atoms with E-state index in [2.05, 4.69) is 49.7 Å². The van der Waals surface area contributed by atoms with Crippen LogP contribution < -0.4 is 15.5 Å². The maximum Gasteiger partial charge on any atom is 0.227 e. The molecule has 2 saturated heterocycles. The SMILES string of the molecule is O=C(Nc1ccc(N2CCC(NC[C@@H](c3ccncc3)N3CCOCC3)CC2)cc1)C1CCCC1. The van der Waals surface area contributed by atoms with Crippen molar-refractivity contribution < 1.29 is 9.53 Å². The number of ether oxygens (including phenoxy) is 1. The third kappa shape index (κ3) is 6.40. The third-order valence-corrected chi connectivity index (χ3v) is 7.90. The van der Waals surface area contributed by atoms with Crippen LogP contribution in [0, 0.1) is 5.92 Å². The van der Waals surface area contributed by atoms with Gasteiger partial charge in [0, 0.05) is 74.5 Å². The predicted octanol–water partition coefficient (Wildman–Crippen LogP) is 3.84. The zero-order valence-electron chi connectivity index (χ0n) is 20.7. The molecule has 35 heavy (non-hydrogen) atoms. The van der Waals surface area contributed by atoms with Crippen molar-refractivity contribution in [1.82, 2.24) is 15.2 Å². The van der Waals surface area contributed by atoms with Crippen LogP contribution in [0.1, 0.15) is 50.1 Å². The molecule has 1 saturated carbocycles. The average Bonchev–Trinajstić information content (AvgIpc) is 3.47. The lowest BCUT2D eigenvalue weighted by atomic mass is 10.0. The van der Waals surface area contributed by atoms with Crippen LogP contribution >= 0.6 is 0 Å². The molecule has 2 N–H and O–H groups in total. The summed E-state index contributed by atoms with van der Waals surface area (Å²) in [6.45, 7) is 6.61. The zero-order chi connectivity index (χ0) is 23.9. The van der Waals surface area contributed by atoms with E-state index in [1.165, 1.54) is 24.1 Å². The Hall–Kier alpha value is -2.48. The van der Waals surface area contributed by atoms with Crippen molar-refractivity contribution in [1.29, 1.82) is 0 Å². The van der Waals surface area contributed by atoms with Crippen LogP contribution in [0.4, 0.5) is 11.4 Å². The summed E-state index contributed by atoms with van der Waals surface area (Å²) >= 11 is 0. The molecule has 1 atom stereocenters. The van der Waals surface area contributed by atoms with E-state index in [0.717, 1.165) is 77.3 Å². The second kappa shape index (κ2) is 12.0. The number of benzene rings is 1. The second-order valence-electron chi connectivity index (χ2n) is 10.1. The summed E-state index contributed by atoms with van der Waals surface area (Å²) in [5.74, 6) is 0.381. The monoisotopic (exact) mass is 477 g/mol. The molecule has 0 unspecified atom stereocenters. The van der Waals surface area contributed by atoms with Gasteiger partial charge in [-0.05, 0) is 67.6 Å². The standard InChI is InChI=1S/C28H39N5O2/c34-28(23-3-1-2-4-23)31-25-5-7-26(8-6-25)32-15-11-24(12-16-32)30-21-27(22-9-13-29-14-10-22)33-17-19-35-20-18-33/h5-10,13-14,23-24,27,30H,1-4,11-12,15-21H2,(H,31,34)/t27-/m0/s1. The normalized spacial score (nSPS) is 21.2. The highest BCUT2D eigenvalue weighted by atomic mass is 16.5. The van der Waals surface area contributed by atoms with Crippen LogP contribution in [0.15, 0.2) is 48.8 Å². The molecule has 1 aromatic carbocycles. The van der Waals surface area contributed by atoms with Crippen molar-refractivity contribution in [2.45, 2.75) is 50.6 Å². The van der Waals surface area contributed by atoms with Crippen molar-refractivity contribution >= 4 is 17.3 Å². The summed E-state index contributed by atoms with van der Waals surface area (Å²) in [4.78, 5) is 21.6. The summed E-state index contributed by atoms with van der Waals surface area (Å²) in [7, 11) is 0. The molecule has 0 spiro atoms. The van der Waals surface area contributed by atoms with Crippen LogP contribution in [0.25, 0.3) is 0 Å². The number of hydrogen-bond donors (Lipinski definition) is 2. The molecule has 2 aromatic rings. The predicted molar refractivity (Wildman–Crippen MR) is 140 cm³/mol. The van der Waals surface area contributed by atoms with Gasteiger partial charge >= 0.3 is 0 Å². The van der Waals surface area contributed by atoms with Crippen LogP contribution in [-0.2, 0) is 9.53 Å². The fraction of sp³-hybridized carbons (Fsp3) is 0.571. The first-order valence-electron chi connectivity index (χ1n) is 13.4. The quantitative estimate of drug-likeness (QED) is 0.602. The van der Waals surface area contributed by atoms with E-state index < -0.39 is 0 Å². The number of carbonyl (C=O) groups is 1. The number of amides is 1. The minimum absolute atomic E-state index is 0.185. The van der Waals surface area contributed by atoms with Gasteiger partial charge in [-0.15, -0.1) is 0 Å². The van der Waals surface area contributed by atoms with Crippen molar-refractivity contribution in [3.63, 3.8) is 0 Å². The number of piperidine rings is 1. The number of nitrogens with one attached hydrogen (secondary N) is 2. The Morgan fingerprint density at radius 1 is 0.943 bits per heavy atom. The van der Waals surface area contributed by atoms with Crippen LogP contribution in [-0.4, -0.2) is 67.8 Å². The first-order chi connectivity index (χ1) is 17.3. The Bertz CT molecular complexity index is 918. The number of carbonyl (C=O) groups excluding carboxylic acids is 1. The number of anilines is 2. The largest absolute Gasteiger partial charge is 0.379 e. The molecule has 0 bridgehead atoms. The van der Waals surface area contributed by atoms with E-state index in [4.69, 9.17) is 4.74 Å². The van der Waals surface area contributed by atoms with Gasteiger partial charge in [-0.1, -0.05) is 12.8 Å². The van der Waals surface area contributed by atoms with Crippen LogP contribution in [0.2, 0.25) is 0 Å². The Labute approximate surface area is 209 Å². The highest BCUT2D eigenvalue weighted by molar-refractivity contribution is 5.92. The molecular formula is C28H39N5O2. The lowest BCUT2D eigenvalue weighted by Crippen LogP contribution is -2.47. The Balaban J connectivity index is 1.10. The Morgan fingerprint density at radius 3 is 2.31 bits per heavy atom. The van der Waals surface area contributed by atoms with Crippen molar-refractivity contribution in [3.8, 4) is 0 Å². The fourth-order valence-electron chi connectivity index (χ4n) is 5.74. The summed E-state index contributed by atoms with van der Waals surface area (Å²) in [6.07, 6.45) is 10.5. The molecule has 5 rings (SSSR count). The maximum absolute atomic E-state index is 12.4. The van der Waals surface area contributed by atoms with Gasteiger partial charge in [0.1, 0.15) is 0 Å². The minimum Gasteiger partial charge on any atom is -0.379 e. The summed E-state index contributed by atoms with van der Waals surface area (Å²) < 4.78 is 5.58. The zero-order valence-corrected chi connectivity index (χ0v) is 20.7. The van der Waals surface area contributed by atoms with Crippen molar-refractivity contribution in [2.24, 2.45) is 5.92 Å². The molecule has 0 radical (unpaired) electrons. The lowest BCUT2D eigenvalue weighted by Gasteiger charge is -2.38. The number of nitrogens with zero attached hydrogens (tertiary/aromatic N) is 3. The first-order valence-corrected chi connectivity index (χ1v) is 13.4. The molecule has 1 amide bonds. The highest BCUT2D eigenvalue weighted by Gasteiger charge is 2.26. The van der Waals surface area contributed by atoms with Crippen molar-refractivity contribution in [3.05, 3.63) is 54.4 Å². The molecule has 1 aliphatic carbocycles. The number of rotatable bonds is 8. The molecule has 7 nitrogen and oxygen atoms in total. The van der Waals surface area contributed by atoms with Crippen molar-refractivity contribution in [2.75, 3.05) is 56.2 Å². The van der Waals surface area contributed by atoms with Gasteiger partial charge in [-0.2, -0.15) is 0 Å². The molecule has 1 aromatic heterocycles. The van der Waals surface area contributed by atoms with Gasteiger partial charge in [0.25, 0.3) is 0 Å². The lowest BCUT2D eigenvalue weighted by molar-refractivity contribution is -0.119. The number of morpholine rings is 1. The summed E-state index contributed by atoms with van der Waals surface area (Å²) in [6, 6.07) is 13.6. The van der Waals surface area contributed by atoms with Gasteiger partial charge in [-0.25, -0.2) is 0 Å². The van der Waals surface area contributed by atoms with E-state index >= 15 is 0 Å². The second-order valence-corrected chi connectivity index (χ2v) is 10.1. The van der Waals surface area contributed by atoms with Gasteiger partial charge in [0.05, 0.1) is 13.2 Å². The molecule has 7 heteroatoms. The third-order valence-electron chi connectivity index (χ3n) is 7.90. The molecule has 3 heterocycles. The molecule has 3 aliphatic rings. The Kier molecular flexibility index (Phi) is 8.29. The minimum atomic E-state index is 0.185. The van der Waals surface area contributed by atoms with Crippen LogP contribution in [0.5, 0.6) is 0 Å². The topological polar surface area (TPSA) is 69.7 Å².